The van der Waals surface area contributed by atoms with Crippen molar-refractivity contribution in [3.8, 4) is 0 Å². The summed E-state index contributed by atoms with van der Waals surface area (Å²) >= 11 is 5.18. The second kappa shape index (κ2) is 4.69. The zero-order valence-corrected chi connectivity index (χ0v) is 9.95. The molecule has 0 heterocycles. The summed E-state index contributed by atoms with van der Waals surface area (Å²) in [4.78, 5) is 0.323. The van der Waals surface area contributed by atoms with E-state index in [0.717, 1.165) is 5.69 Å². The fraction of sp³-hybridized carbons (Fsp3) is 0.154. The van der Waals surface area contributed by atoms with E-state index >= 15 is 0 Å². The number of nitrogens with one attached hydrogen (secondary N) is 1. The summed E-state index contributed by atoms with van der Waals surface area (Å²) in [5, 5.41) is 22.5. The van der Waals surface area contributed by atoms with Crippen molar-refractivity contribution in [3.63, 3.8) is 0 Å². The summed E-state index contributed by atoms with van der Waals surface area (Å²) in [6.45, 7) is 0. The molecule has 0 spiro atoms. The molecule has 1 atom stereocenters. The van der Waals surface area contributed by atoms with Crippen LogP contribution in [0.25, 0.3) is 0 Å². The van der Waals surface area contributed by atoms with Gasteiger partial charge in [-0.3, -0.25) is 0 Å². The van der Waals surface area contributed by atoms with E-state index < -0.39 is 5.60 Å². The maximum absolute atomic E-state index is 10.3. The molecule has 0 amide bonds. The van der Waals surface area contributed by atoms with Gasteiger partial charge in [0.15, 0.2) is 0 Å². The van der Waals surface area contributed by atoms with Crippen molar-refractivity contribution in [2.45, 2.75) is 12.0 Å². The first kappa shape index (κ1) is 11.8. The van der Waals surface area contributed by atoms with Crippen LogP contribution in [0.5, 0.6) is 0 Å². The van der Waals surface area contributed by atoms with Gasteiger partial charge in [-0.25, -0.2) is 0 Å². The molecule has 0 aromatic heterocycles. The van der Waals surface area contributed by atoms with Crippen molar-refractivity contribution in [2.24, 2.45) is 0 Å². The number of allylic oxidation sites excluding steroid dienone is 1. The van der Waals surface area contributed by atoms with E-state index in [2.05, 4.69) is 5.32 Å². The normalized spacial score (nSPS) is 23.0. The van der Waals surface area contributed by atoms with Gasteiger partial charge >= 0.3 is 0 Å². The molecule has 1 aromatic rings. The molecule has 2 rings (SSSR count). The van der Waals surface area contributed by atoms with Gasteiger partial charge in [0.2, 0.25) is 0 Å². The van der Waals surface area contributed by atoms with Crippen molar-refractivity contribution in [1.82, 2.24) is 0 Å². The molecule has 0 bridgehead atoms. The molecule has 3 nitrogen and oxygen atoms in total. The minimum Gasteiger partial charge on any atom is -0.508 e. The van der Waals surface area contributed by atoms with Crippen molar-refractivity contribution >= 4 is 22.9 Å². The summed E-state index contributed by atoms with van der Waals surface area (Å²) in [6, 6.07) is 9.42. The number of hydrogen-bond donors (Lipinski definition) is 3. The van der Waals surface area contributed by atoms with Gasteiger partial charge in [-0.05, 0) is 30.4 Å². The molecule has 17 heavy (non-hydrogen) atoms. The zero-order valence-electron chi connectivity index (χ0n) is 9.13. The number of anilines is 1. The summed E-state index contributed by atoms with van der Waals surface area (Å²) < 4.78 is 0. The lowest BCUT2D eigenvalue weighted by molar-refractivity contribution is 0.165. The van der Waals surface area contributed by atoms with Crippen molar-refractivity contribution in [2.75, 3.05) is 5.32 Å². The largest absolute Gasteiger partial charge is 0.508 e. The van der Waals surface area contributed by atoms with Crippen LogP contribution in [0.15, 0.2) is 54.3 Å². The Morgan fingerprint density at radius 3 is 2.59 bits per heavy atom. The molecule has 4 heteroatoms. The fourth-order valence-corrected chi connectivity index (χ4v) is 1.82. The number of aliphatic hydroxyl groups excluding tert-OH is 1. The van der Waals surface area contributed by atoms with Gasteiger partial charge in [0.25, 0.3) is 0 Å². The summed E-state index contributed by atoms with van der Waals surface area (Å²) in [6.07, 6.45) is 4.76. The van der Waals surface area contributed by atoms with Gasteiger partial charge in [0.1, 0.15) is 16.3 Å². The van der Waals surface area contributed by atoms with Gasteiger partial charge in [-0.1, -0.05) is 30.4 Å². The minimum atomic E-state index is -1.22. The Hall–Kier alpha value is -1.65. The van der Waals surface area contributed by atoms with E-state index in [1.165, 1.54) is 12.2 Å². The number of para-hydroxylation sites is 1. The van der Waals surface area contributed by atoms with Crippen LogP contribution in [-0.4, -0.2) is 20.8 Å². The molecular weight excluding hydrogens is 234 g/mol. The third-order valence-corrected chi connectivity index (χ3v) is 3.03. The van der Waals surface area contributed by atoms with Crippen LogP contribution in [0, 0.1) is 0 Å². The van der Waals surface area contributed by atoms with Gasteiger partial charge in [0, 0.05) is 12.1 Å². The smallest absolute Gasteiger partial charge is 0.137 e. The van der Waals surface area contributed by atoms with Gasteiger partial charge < -0.3 is 15.5 Å². The summed E-state index contributed by atoms with van der Waals surface area (Å²) in [5.41, 5.74) is -0.393. The van der Waals surface area contributed by atoms with E-state index in [-0.39, 0.29) is 12.2 Å². The SMILES string of the molecule is OC1=CCC(O)(C(=S)Nc2ccccc2)C=C1. The Morgan fingerprint density at radius 2 is 2.00 bits per heavy atom. The second-order valence-corrected chi connectivity index (χ2v) is 4.32. The quantitative estimate of drug-likeness (QED) is 0.703. The van der Waals surface area contributed by atoms with E-state index in [4.69, 9.17) is 12.2 Å². The Bertz CT molecular complexity index is 481. The lowest BCUT2D eigenvalue weighted by Crippen LogP contribution is -2.40. The number of hydrogen-bond acceptors (Lipinski definition) is 3. The van der Waals surface area contributed by atoms with Crippen LogP contribution >= 0.6 is 12.2 Å². The average molecular weight is 247 g/mol. The van der Waals surface area contributed by atoms with E-state index in [9.17, 15) is 10.2 Å². The molecule has 1 unspecified atom stereocenters. The van der Waals surface area contributed by atoms with Crippen LogP contribution in [0.2, 0.25) is 0 Å². The molecule has 0 radical (unpaired) electrons. The molecule has 0 fully saturated rings. The Balaban J connectivity index is 2.09. The molecule has 88 valence electrons. The predicted molar refractivity (Wildman–Crippen MR) is 72.1 cm³/mol. The maximum Gasteiger partial charge on any atom is 0.137 e. The maximum atomic E-state index is 10.3. The third-order valence-electron chi connectivity index (χ3n) is 2.58. The van der Waals surface area contributed by atoms with Crippen molar-refractivity contribution in [1.29, 1.82) is 0 Å². The zero-order chi connectivity index (χ0) is 12.3. The molecule has 3 N–H and O–H groups in total. The molecule has 1 aliphatic carbocycles. The lowest BCUT2D eigenvalue weighted by atomic mass is 9.94. The van der Waals surface area contributed by atoms with Crippen LogP contribution in [-0.2, 0) is 0 Å². The van der Waals surface area contributed by atoms with Crippen LogP contribution in [0.4, 0.5) is 5.69 Å². The highest BCUT2D eigenvalue weighted by molar-refractivity contribution is 7.80. The number of benzene rings is 1. The van der Waals surface area contributed by atoms with Crippen LogP contribution in [0.1, 0.15) is 6.42 Å². The van der Waals surface area contributed by atoms with E-state index in [1.54, 1.807) is 6.08 Å². The van der Waals surface area contributed by atoms with Crippen molar-refractivity contribution in [3.05, 3.63) is 54.3 Å². The van der Waals surface area contributed by atoms with Gasteiger partial charge in [-0.15, -0.1) is 0 Å². The molecule has 0 saturated heterocycles. The fourth-order valence-electron chi connectivity index (χ4n) is 1.55. The highest BCUT2D eigenvalue weighted by Crippen LogP contribution is 2.23. The average Bonchev–Trinajstić information content (AvgIpc) is 2.34. The minimum absolute atomic E-state index is 0.150. The lowest BCUT2D eigenvalue weighted by Gasteiger charge is -2.27. The van der Waals surface area contributed by atoms with Crippen LogP contribution in [0.3, 0.4) is 0 Å². The first-order valence-electron chi connectivity index (χ1n) is 5.27. The van der Waals surface area contributed by atoms with Crippen LogP contribution < -0.4 is 5.32 Å². The van der Waals surface area contributed by atoms with E-state index in [0.29, 0.717) is 4.99 Å². The number of thiocarbonyl (C=S) groups is 1. The third kappa shape index (κ3) is 2.72. The molecule has 0 saturated carbocycles. The molecular formula is C13H13NO2S. The standard InChI is InChI=1S/C13H13NO2S/c15-11-6-8-13(16,9-7-11)12(17)14-10-4-2-1-3-5-10/h1-8,15-16H,9H2,(H,14,17). The first-order chi connectivity index (χ1) is 8.10. The number of aliphatic hydroxyl groups is 2. The van der Waals surface area contributed by atoms with Gasteiger partial charge in [0.05, 0.1) is 0 Å². The highest BCUT2D eigenvalue weighted by atomic mass is 32.1. The van der Waals surface area contributed by atoms with E-state index in [1.807, 2.05) is 30.3 Å². The monoisotopic (exact) mass is 247 g/mol. The Morgan fingerprint density at radius 1 is 1.29 bits per heavy atom. The Labute approximate surface area is 105 Å². The van der Waals surface area contributed by atoms with Gasteiger partial charge in [-0.2, -0.15) is 0 Å². The molecule has 1 aromatic carbocycles. The first-order valence-corrected chi connectivity index (χ1v) is 5.68. The predicted octanol–water partition coefficient (Wildman–Crippen LogP) is 2.56. The van der Waals surface area contributed by atoms with Crippen molar-refractivity contribution < 1.29 is 10.2 Å². The Kier molecular flexibility index (Phi) is 3.26. The molecule has 1 aliphatic rings. The molecule has 0 aliphatic heterocycles. The highest BCUT2D eigenvalue weighted by Gasteiger charge is 2.30. The number of rotatable bonds is 2. The summed E-state index contributed by atoms with van der Waals surface area (Å²) in [5.74, 6) is 0.150. The topological polar surface area (TPSA) is 52.5 Å². The summed E-state index contributed by atoms with van der Waals surface area (Å²) in [7, 11) is 0. The second-order valence-electron chi connectivity index (χ2n) is 3.91.